The lowest BCUT2D eigenvalue weighted by atomic mass is 10.1. The van der Waals surface area contributed by atoms with Crippen molar-refractivity contribution >= 4 is 29.3 Å². The maximum atomic E-state index is 11.6. The van der Waals surface area contributed by atoms with Crippen LogP contribution in [-0.4, -0.2) is 12.6 Å². The van der Waals surface area contributed by atoms with E-state index in [2.05, 4.69) is 0 Å². The number of para-hydroxylation sites is 1. The lowest BCUT2D eigenvalue weighted by molar-refractivity contribution is 0.0491. The first-order chi connectivity index (χ1) is 7.77. The molecule has 0 amide bonds. The van der Waals surface area contributed by atoms with Crippen LogP contribution in [0.5, 0.6) is 0 Å². The second-order valence-electron chi connectivity index (χ2n) is 3.33. The van der Waals surface area contributed by atoms with E-state index in [1.807, 2.05) is 18.2 Å². The molecule has 0 radical (unpaired) electrons. The zero-order chi connectivity index (χ0) is 11.5. The minimum Gasteiger partial charge on any atom is -0.460 e. The predicted molar refractivity (Wildman–Crippen MR) is 67.3 cm³/mol. The number of halogens is 1. The van der Waals surface area contributed by atoms with Crippen molar-refractivity contribution < 1.29 is 13.9 Å². The van der Waals surface area contributed by atoms with Crippen LogP contribution >= 0.6 is 12.4 Å². The van der Waals surface area contributed by atoms with Gasteiger partial charge in [0.15, 0.2) is 0 Å². The molecule has 2 N–H and O–H groups in total. The van der Waals surface area contributed by atoms with E-state index in [9.17, 15) is 4.79 Å². The number of esters is 1. The molecule has 0 bridgehead atoms. The quantitative estimate of drug-likeness (QED) is 0.856. The van der Waals surface area contributed by atoms with Crippen molar-refractivity contribution in [2.45, 2.75) is 13.5 Å². The average Bonchev–Trinajstić information content (AvgIpc) is 2.67. The van der Waals surface area contributed by atoms with Crippen LogP contribution in [0.2, 0.25) is 0 Å². The van der Waals surface area contributed by atoms with Gasteiger partial charge in [-0.1, -0.05) is 18.2 Å². The highest BCUT2D eigenvalue weighted by Gasteiger charge is 2.19. The number of nitrogens with two attached hydrogens (primary N) is 1. The van der Waals surface area contributed by atoms with E-state index in [1.165, 1.54) is 0 Å². The number of hydrogen-bond acceptors (Lipinski definition) is 4. The fourth-order valence-corrected chi connectivity index (χ4v) is 1.66. The first-order valence-electron chi connectivity index (χ1n) is 5.15. The van der Waals surface area contributed by atoms with Gasteiger partial charge in [0, 0.05) is 17.5 Å². The smallest absolute Gasteiger partial charge is 0.374 e. The summed E-state index contributed by atoms with van der Waals surface area (Å²) in [5, 5.41) is 0.869. The van der Waals surface area contributed by atoms with Crippen molar-refractivity contribution in [2.24, 2.45) is 5.73 Å². The van der Waals surface area contributed by atoms with Gasteiger partial charge in [0.1, 0.15) is 5.58 Å². The minimum atomic E-state index is -0.459. The fraction of sp³-hybridized carbons (Fsp3) is 0.250. The van der Waals surface area contributed by atoms with Crippen LogP contribution in [0.25, 0.3) is 11.0 Å². The summed E-state index contributed by atoms with van der Waals surface area (Å²) < 4.78 is 10.4. The first-order valence-corrected chi connectivity index (χ1v) is 5.15. The Kier molecular flexibility index (Phi) is 4.54. The summed E-state index contributed by atoms with van der Waals surface area (Å²) in [6.45, 7) is 2.33. The van der Waals surface area contributed by atoms with E-state index >= 15 is 0 Å². The Morgan fingerprint density at radius 3 is 2.76 bits per heavy atom. The van der Waals surface area contributed by atoms with Crippen LogP contribution in [0, 0.1) is 0 Å². The van der Waals surface area contributed by atoms with E-state index in [-0.39, 0.29) is 24.7 Å². The van der Waals surface area contributed by atoms with Gasteiger partial charge >= 0.3 is 5.97 Å². The SMILES string of the molecule is CCOC(=O)c1oc2ccccc2c1CN.Cl. The Hall–Kier alpha value is -1.52. The lowest BCUT2D eigenvalue weighted by Gasteiger charge is -1.99. The largest absolute Gasteiger partial charge is 0.460 e. The molecule has 1 aromatic heterocycles. The van der Waals surface area contributed by atoms with Gasteiger partial charge in [-0.15, -0.1) is 12.4 Å². The second-order valence-corrected chi connectivity index (χ2v) is 3.33. The predicted octanol–water partition coefficient (Wildman–Crippen LogP) is 2.49. The lowest BCUT2D eigenvalue weighted by Crippen LogP contribution is -2.08. The van der Waals surface area contributed by atoms with Crippen LogP contribution in [0.1, 0.15) is 23.0 Å². The topological polar surface area (TPSA) is 65.5 Å². The Balaban J connectivity index is 0.00000144. The van der Waals surface area contributed by atoms with Crippen LogP contribution in [-0.2, 0) is 11.3 Å². The molecular weight excluding hydrogens is 242 g/mol. The summed E-state index contributed by atoms with van der Waals surface area (Å²) in [4.78, 5) is 11.6. The molecular formula is C12H14ClNO3. The maximum Gasteiger partial charge on any atom is 0.374 e. The zero-order valence-corrected chi connectivity index (χ0v) is 10.3. The van der Waals surface area contributed by atoms with Crippen molar-refractivity contribution in [3.63, 3.8) is 0 Å². The van der Waals surface area contributed by atoms with Crippen LogP contribution in [0.15, 0.2) is 28.7 Å². The van der Waals surface area contributed by atoms with Gasteiger partial charge in [-0.05, 0) is 13.0 Å². The van der Waals surface area contributed by atoms with Crippen LogP contribution in [0.3, 0.4) is 0 Å². The number of rotatable bonds is 3. The highest BCUT2D eigenvalue weighted by molar-refractivity contribution is 5.96. The average molecular weight is 256 g/mol. The molecule has 0 spiro atoms. The summed E-state index contributed by atoms with van der Waals surface area (Å²) in [5.41, 5.74) is 6.99. The molecule has 92 valence electrons. The highest BCUT2D eigenvalue weighted by atomic mass is 35.5. The van der Waals surface area contributed by atoms with Gasteiger partial charge in [-0.3, -0.25) is 0 Å². The molecule has 0 aliphatic carbocycles. The van der Waals surface area contributed by atoms with Crippen LogP contribution < -0.4 is 5.73 Å². The maximum absolute atomic E-state index is 11.6. The summed E-state index contributed by atoms with van der Waals surface area (Å²) in [6.07, 6.45) is 0. The molecule has 0 saturated heterocycles. The first kappa shape index (κ1) is 13.5. The molecule has 2 aromatic rings. The molecule has 0 aliphatic rings. The zero-order valence-electron chi connectivity index (χ0n) is 9.43. The molecule has 2 rings (SSSR count). The van der Waals surface area contributed by atoms with Gasteiger partial charge < -0.3 is 14.9 Å². The molecule has 17 heavy (non-hydrogen) atoms. The van der Waals surface area contributed by atoms with E-state index in [0.29, 0.717) is 17.8 Å². The second kappa shape index (κ2) is 5.70. The molecule has 1 heterocycles. The van der Waals surface area contributed by atoms with Crippen molar-refractivity contribution in [2.75, 3.05) is 6.61 Å². The molecule has 0 saturated carbocycles. The van der Waals surface area contributed by atoms with Gasteiger partial charge in [-0.2, -0.15) is 0 Å². The number of hydrogen-bond donors (Lipinski definition) is 1. The Labute approximate surface area is 105 Å². The third kappa shape index (κ3) is 2.43. The molecule has 5 heteroatoms. The molecule has 0 atom stereocenters. The van der Waals surface area contributed by atoms with Crippen molar-refractivity contribution in [1.82, 2.24) is 0 Å². The van der Waals surface area contributed by atoms with E-state index < -0.39 is 5.97 Å². The van der Waals surface area contributed by atoms with Gasteiger partial charge in [0.2, 0.25) is 5.76 Å². The van der Waals surface area contributed by atoms with E-state index in [4.69, 9.17) is 14.9 Å². The molecule has 0 fully saturated rings. The van der Waals surface area contributed by atoms with Gasteiger partial charge in [0.05, 0.1) is 6.61 Å². The number of carbonyl (C=O) groups excluding carboxylic acids is 1. The highest BCUT2D eigenvalue weighted by Crippen LogP contribution is 2.25. The molecule has 0 aliphatic heterocycles. The summed E-state index contributed by atoms with van der Waals surface area (Å²) in [5.74, 6) is -0.246. The fourth-order valence-electron chi connectivity index (χ4n) is 1.66. The summed E-state index contributed by atoms with van der Waals surface area (Å²) >= 11 is 0. The van der Waals surface area contributed by atoms with E-state index in [1.54, 1.807) is 13.0 Å². The monoisotopic (exact) mass is 255 g/mol. The Morgan fingerprint density at radius 2 is 2.12 bits per heavy atom. The van der Waals surface area contributed by atoms with E-state index in [0.717, 1.165) is 5.39 Å². The number of ether oxygens (including phenoxy) is 1. The molecule has 4 nitrogen and oxygen atoms in total. The van der Waals surface area contributed by atoms with Gasteiger partial charge in [0.25, 0.3) is 0 Å². The summed E-state index contributed by atoms with van der Waals surface area (Å²) in [7, 11) is 0. The molecule has 1 aromatic carbocycles. The Morgan fingerprint density at radius 1 is 1.41 bits per heavy atom. The number of benzene rings is 1. The van der Waals surface area contributed by atoms with Crippen molar-refractivity contribution in [1.29, 1.82) is 0 Å². The number of furan rings is 1. The third-order valence-electron chi connectivity index (χ3n) is 2.36. The van der Waals surface area contributed by atoms with Crippen LogP contribution in [0.4, 0.5) is 0 Å². The Bertz CT molecular complexity index is 521. The van der Waals surface area contributed by atoms with Crippen molar-refractivity contribution in [3.8, 4) is 0 Å². The number of fused-ring (bicyclic) bond motifs is 1. The van der Waals surface area contributed by atoms with Gasteiger partial charge in [-0.25, -0.2) is 4.79 Å². The minimum absolute atomic E-state index is 0. The molecule has 0 unspecified atom stereocenters. The summed E-state index contributed by atoms with van der Waals surface area (Å²) in [6, 6.07) is 7.41. The normalized spacial score (nSPS) is 10.0. The van der Waals surface area contributed by atoms with Crippen molar-refractivity contribution in [3.05, 3.63) is 35.6 Å². The standard InChI is InChI=1S/C12H13NO3.ClH/c1-2-15-12(14)11-9(7-13)8-5-3-4-6-10(8)16-11;/h3-6H,2,7,13H2,1H3;1H. The number of carbonyl (C=O) groups is 1. The third-order valence-corrected chi connectivity index (χ3v) is 2.36.